The second kappa shape index (κ2) is 16.1. The van der Waals surface area contributed by atoms with E-state index in [1.165, 1.54) is 66.8 Å². The standard InChI is InChI=1S/C64H54N2/c1-43-15-29-49(30-16-43)65(53-37-39-57-55-11-7-9-13-59(55)63(3,4)61(57)41-53)51-33-23-46(24-34-51)20-19-45-21-25-47(26-22-45)48-27-35-52(36-28-48)66(50-31-17-44(2)18-32-50)54-38-40-58-56-12-8-10-14-60(56)64(5,6)62(58)42-54/h7-42H,1-6H3/b20-19+. The Balaban J connectivity index is 0.830. The van der Waals surface area contributed by atoms with Crippen molar-refractivity contribution in [2.75, 3.05) is 9.80 Å². The molecule has 0 heterocycles. The third kappa shape index (κ3) is 7.14. The highest BCUT2D eigenvalue weighted by atomic mass is 15.1. The Morgan fingerprint density at radius 2 is 0.606 bits per heavy atom. The van der Waals surface area contributed by atoms with E-state index in [0.29, 0.717) is 0 Å². The third-order valence-electron chi connectivity index (χ3n) is 14.2. The van der Waals surface area contributed by atoms with Gasteiger partial charge in [-0.3, -0.25) is 0 Å². The minimum atomic E-state index is -0.0732. The smallest absolute Gasteiger partial charge is 0.0465 e. The van der Waals surface area contributed by atoms with Gasteiger partial charge in [0.1, 0.15) is 0 Å². The number of rotatable bonds is 9. The van der Waals surface area contributed by atoms with E-state index >= 15 is 0 Å². The highest BCUT2D eigenvalue weighted by Crippen LogP contribution is 2.52. The Hall–Kier alpha value is -7.68. The third-order valence-corrected chi connectivity index (χ3v) is 14.2. The molecule has 9 aromatic rings. The molecule has 11 rings (SSSR count). The first-order chi connectivity index (χ1) is 32.0. The summed E-state index contributed by atoms with van der Waals surface area (Å²) in [6.45, 7) is 13.7. The Labute approximate surface area is 390 Å². The Bertz CT molecular complexity index is 3280. The van der Waals surface area contributed by atoms with E-state index in [4.69, 9.17) is 0 Å². The van der Waals surface area contributed by atoms with E-state index < -0.39 is 0 Å². The summed E-state index contributed by atoms with van der Waals surface area (Å²) in [6.07, 6.45) is 4.41. The molecule has 0 aromatic heterocycles. The molecule has 2 aliphatic carbocycles. The molecule has 2 aliphatic rings. The minimum Gasteiger partial charge on any atom is -0.310 e. The fourth-order valence-corrected chi connectivity index (χ4v) is 10.5. The van der Waals surface area contributed by atoms with E-state index in [2.05, 4.69) is 270 Å². The van der Waals surface area contributed by atoms with Crippen molar-refractivity contribution in [1.29, 1.82) is 0 Å². The maximum Gasteiger partial charge on any atom is 0.0465 e. The fourth-order valence-electron chi connectivity index (χ4n) is 10.5. The van der Waals surface area contributed by atoms with Crippen molar-refractivity contribution in [3.05, 3.63) is 251 Å². The van der Waals surface area contributed by atoms with Gasteiger partial charge in [0.15, 0.2) is 0 Å². The SMILES string of the molecule is Cc1ccc(N(c2ccc(/C=C/c3ccc(-c4ccc(N(c5ccc(C)cc5)c5ccc6c(c5)C(C)(C)c5ccccc5-6)cc4)cc3)cc2)c2ccc3c(c2)C(C)(C)c2ccccc2-3)cc1. The number of hydrogen-bond donors (Lipinski definition) is 0. The summed E-state index contributed by atoms with van der Waals surface area (Å²) < 4.78 is 0. The highest BCUT2D eigenvalue weighted by Gasteiger charge is 2.37. The van der Waals surface area contributed by atoms with Crippen LogP contribution in [0, 0.1) is 13.8 Å². The van der Waals surface area contributed by atoms with Crippen molar-refractivity contribution < 1.29 is 0 Å². The summed E-state index contributed by atoms with van der Waals surface area (Å²) in [4.78, 5) is 4.76. The molecule has 0 unspecified atom stereocenters. The first kappa shape index (κ1) is 41.1. The first-order valence-corrected chi connectivity index (χ1v) is 23.2. The first-order valence-electron chi connectivity index (χ1n) is 23.2. The van der Waals surface area contributed by atoms with Crippen LogP contribution in [0.5, 0.6) is 0 Å². The van der Waals surface area contributed by atoms with E-state index in [-0.39, 0.29) is 10.8 Å². The molecule has 0 fully saturated rings. The Morgan fingerprint density at radius 3 is 1.02 bits per heavy atom. The molecule has 0 amide bonds. The zero-order chi connectivity index (χ0) is 45.2. The molecule has 0 bridgehead atoms. The molecule has 0 N–H and O–H groups in total. The molecule has 0 aliphatic heterocycles. The molecule has 0 radical (unpaired) electrons. The lowest BCUT2D eigenvalue weighted by Crippen LogP contribution is -2.16. The van der Waals surface area contributed by atoms with Crippen molar-refractivity contribution >= 4 is 46.3 Å². The molecular formula is C64H54N2. The van der Waals surface area contributed by atoms with Gasteiger partial charge in [0.2, 0.25) is 0 Å². The van der Waals surface area contributed by atoms with Crippen molar-refractivity contribution in [1.82, 2.24) is 0 Å². The minimum absolute atomic E-state index is 0.0715. The predicted octanol–water partition coefficient (Wildman–Crippen LogP) is 17.7. The van der Waals surface area contributed by atoms with Crippen LogP contribution >= 0.6 is 0 Å². The summed E-state index contributed by atoms with van der Waals surface area (Å²) in [5.41, 5.74) is 24.8. The van der Waals surface area contributed by atoms with Gasteiger partial charge >= 0.3 is 0 Å². The second-order valence-corrected chi connectivity index (χ2v) is 19.2. The van der Waals surface area contributed by atoms with Gasteiger partial charge in [-0.25, -0.2) is 0 Å². The molecular weight excluding hydrogens is 797 g/mol. The van der Waals surface area contributed by atoms with Crippen molar-refractivity contribution in [3.8, 4) is 33.4 Å². The predicted molar refractivity (Wildman–Crippen MR) is 281 cm³/mol. The maximum absolute atomic E-state index is 2.40. The van der Waals surface area contributed by atoms with Crippen molar-refractivity contribution in [3.63, 3.8) is 0 Å². The van der Waals surface area contributed by atoms with Gasteiger partial charge in [-0.2, -0.15) is 0 Å². The summed E-state index contributed by atoms with van der Waals surface area (Å²) in [5, 5.41) is 0. The number of hydrogen-bond acceptors (Lipinski definition) is 2. The van der Waals surface area contributed by atoms with E-state index in [9.17, 15) is 0 Å². The number of aryl methyl sites for hydroxylation is 2. The van der Waals surface area contributed by atoms with Crippen molar-refractivity contribution in [2.24, 2.45) is 0 Å². The number of fused-ring (bicyclic) bond motifs is 6. The zero-order valence-corrected chi connectivity index (χ0v) is 38.7. The fraction of sp³-hybridized carbons (Fsp3) is 0.125. The van der Waals surface area contributed by atoms with E-state index in [0.717, 1.165) is 45.3 Å². The number of benzene rings is 9. The van der Waals surface area contributed by atoms with Gasteiger partial charge in [0.05, 0.1) is 0 Å². The van der Waals surface area contributed by atoms with Crippen LogP contribution in [0.1, 0.15) is 72.2 Å². The average molecular weight is 851 g/mol. The van der Waals surface area contributed by atoms with Gasteiger partial charge < -0.3 is 9.80 Å². The summed E-state index contributed by atoms with van der Waals surface area (Å²) in [6, 6.07) is 76.2. The largest absolute Gasteiger partial charge is 0.310 e. The van der Waals surface area contributed by atoms with Crippen LogP contribution in [0.15, 0.2) is 206 Å². The molecule has 0 spiro atoms. The number of anilines is 6. The lowest BCUT2D eigenvalue weighted by Gasteiger charge is -2.28. The number of nitrogens with zero attached hydrogens (tertiary/aromatic N) is 2. The molecule has 320 valence electrons. The van der Waals surface area contributed by atoms with Crippen LogP contribution in [-0.4, -0.2) is 0 Å². The van der Waals surface area contributed by atoms with Gasteiger partial charge in [0.25, 0.3) is 0 Å². The molecule has 2 nitrogen and oxygen atoms in total. The molecule has 0 atom stereocenters. The van der Waals surface area contributed by atoms with Crippen LogP contribution in [0.25, 0.3) is 45.5 Å². The van der Waals surface area contributed by atoms with Crippen LogP contribution < -0.4 is 9.80 Å². The summed E-state index contributed by atoms with van der Waals surface area (Å²) in [7, 11) is 0. The topological polar surface area (TPSA) is 6.48 Å². The normalized spacial score (nSPS) is 13.8. The van der Waals surface area contributed by atoms with Gasteiger partial charge in [-0.05, 0) is 153 Å². The average Bonchev–Trinajstić information content (AvgIpc) is 3.72. The molecule has 9 aromatic carbocycles. The van der Waals surface area contributed by atoms with Crippen LogP contribution in [0.2, 0.25) is 0 Å². The van der Waals surface area contributed by atoms with Crippen molar-refractivity contribution in [2.45, 2.75) is 52.4 Å². The molecule has 66 heavy (non-hydrogen) atoms. The van der Waals surface area contributed by atoms with Gasteiger partial charge in [-0.15, -0.1) is 0 Å². The molecule has 2 heteroatoms. The lowest BCUT2D eigenvalue weighted by atomic mass is 9.82. The van der Waals surface area contributed by atoms with Crippen LogP contribution in [-0.2, 0) is 10.8 Å². The lowest BCUT2D eigenvalue weighted by molar-refractivity contribution is 0.660. The molecule has 0 saturated carbocycles. The zero-order valence-electron chi connectivity index (χ0n) is 38.7. The molecule has 0 saturated heterocycles. The second-order valence-electron chi connectivity index (χ2n) is 19.2. The Morgan fingerprint density at radius 1 is 0.303 bits per heavy atom. The van der Waals surface area contributed by atoms with Crippen LogP contribution in [0.3, 0.4) is 0 Å². The highest BCUT2D eigenvalue weighted by molar-refractivity contribution is 5.88. The van der Waals surface area contributed by atoms with Gasteiger partial charge in [0, 0.05) is 45.0 Å². The van der Waals surface area contributed by atoms with E-state index in [1.54, 1.807) is 0 Å². The summed E-state index contributed by atoms with van der Waals surface area (Å²) >= 11 is 0. The van der Waals surface area contributed by atoms with Gasteiger partial charge in [-0.1, -0.05) is 184 Å². The summed E-state index contributed by atoms with van der Waals surface area (Å²) in [5.74, 6) is 0. The van der Waals surface area contributed by atoms with Crippen LogP contribution in [0.4, 0.5) is 34.1 Å². The maximum atomic E-state index is 2.40. The quantitative estimate of drug-likeness (QED) is 0.134. The Kier molecular flexibility index (Phi) is 10.0. The van der Waals surface area contributed by atoms with E-state index in [1.807, 2.05) is 0 Å². The monoisotopic (exact) mass is 850 g/mol.